The molecule has 6 nitrogen and oxygen atoms in total. The highest BCUT2D eigenvalue weighted by Crippen LogP contribution is 2.37. The summed E-state index contributed by atoms with van der Waals surface area (Å²) in [6, 6.07) is 0. The number of carbonyl (C=O) groups is 1. The average molecular weight is 595 g/mol. The van der Waals surface area contributed by atoms with Gasteiger partial charge in [0.25, 0.3) is 0 Å². The Labute approximate surface area is 253 Å². The van der Waals surface area contributed by atoms with Gasteiger partial charge in [-0.3, -0.25) is 4.79 Å². The molecule has 0 aromatic heterocycles. The van der Waals surface area contributed by atoms with Crippen molar-refractivity contribution < 1.29 is 28.2 Å². The molecule has 0 bridgehead atoms. The molecule has 2 heterocycles. The molecule has 2 aliphatic heterocycles. The van der Waals surface area contributed by atoms with Crippen LogP contribution in [0.15, 0.2) is 24.8 Å². The van der Waals surface area contributed by atoms with Crippen molar-refractivity contribution in [2.45, 2.75) is 174 Å². The summed E-state index contributed by atoms with van der Waals surface area (Å²) in [5, 5.41) is 0.228. The van der Waals surface area contributed by atoms with Gasteiger partial charge in [0, 0.05) is 25.9 Å². The average Bonchev–Trinajstić information content (AvgIpc) is 3.16. The van der Waals surface area contributed by atoms with E-state index < -0.39 is 19.9 Å². The van der Waals surface area contributed by atoms with Gasteiger partial charge in [-0.05, 0) is 96.7 Å². The molecule has 238 valence electrons. The van der Waals surface area contributed by atoms with Gasteiger partial charge in [0.1, 0.15) is 5.78 Å². The van der Waals surface area contributed by atoms with E-state index in [4.69, 9.17) is 23.4 Å². The maximum absolute atomic E-state index is 12.9. The van der Waals surface area contributed by atoms with Crippen molar-refractivity contribution in [3.63, 3.8) is 0 Å². The van der Waals surface area contributed by atoms with Crippen molar-refractivity contribution in [3.05, 3.63) is 24.8 Å². The monoisotopic (exact) mass is 594 g/mol. The maximum atomic E-state index is 12.9. The second-order valence-corrected chi connectivity index (χ2v) is 19.5. The highest BCUT2D eigenvalue weighted by atomic mass is 28.4. The lowest BCUT2D eigenvalue weighted by Crippen LogP contribution is -2.44. The Bertz CT molecular complexity index is 843. The molecule has 0 aromatic rings. The SMILES string of the molecule is C=CCCC[C@H]1C[C@H](CCC(=O)CC[C@@H](C)[C@H]2OC(C)(C)O[C@@H]2C/C=C\CCO[Si](C)(C)C(C)(C)C)OC(C)(C)O1. The lowest BCUT2D eigenvalue weighted by molar-refractivity contribution is -0.301. The van der Waals surface area contributed by atoms with Gasteiger partial charge in [0.15, 0.2) is 19.9 Å². The molecule has 0 N–H and O–H groups in total. The summed E-state index contributed by atoms with van der Waals surface area (Å²) in [6.45, 7) is 26.1. The van der Waals surface area contributed by atoms with Crippen LogP contribution in [0.2, 0.25) is 18.1 Å². The van der Waals surface area contributed by atoms with Gasteiger partial charge in [-0.1, -0.05) is 45.9 Å². The van der Waals surface area contributed by atoms with E-state index >= 15 is 0 Å². The van der Waals surface area contributed by atoms with Gasteiger partial charge in [0.2, 0.25) is 0 Å². The lowest BCUT2D eigenvalue weighted by Gasteiger charge is -2.41. The van der Waals surface area contributed by atoms with E-state index in [-0.39, 0.29) is 35.4 Å². The van der Waals surface area contributed by atoms with Crippen LogP contribution in [0.4, 0.5) is 0 Å². The molecular weight excluding hydrogens is 532 g/mol. The molecule has 0 amide bonds. The van der Waals surface area contributed by atoms with E-state index in [2.05, 4.69) is 59.5 Å². The Hall–Kier alpha value is -0.833. The minimum Gasteiger partial charge on any atom is -0.417 e. The van der Waals surface area contributed by atoms with Crippen LogP contribution in [0.5, 0.6) is 0 Å². The van der Waals surface area contributed by atoms with Crippen molar-refractivity contribution in [1.82, 2.24) is 0 Å². The highest BCUT2D eigenvalue weighted by molar-refractivity contribution is 6.74. The molecule has 0 spiro atoms. The summed E-state index contributed by atoms with van der Waals surface area (Å²) < 4.78 is 31.1. The summed E-state index contributed by atoms with van der Waals surface area (Å²) in [4.78, 5) is 12.9. The van der Waals surface area contributed by atoms with Crippen molar-refractivity contribution in [2.75, 3.05) is 6.61 Å². The Balaban J connectivity index is 1.77. The molecule has 0 saturated carbocycles. The van der Waals surface area contributed by atoms with Crippen LogP contribution in [0.1, 0.15) is 120 Å². The fraction of sp³-hybridized carbons (Fsp3) is 0.853. The minimum atomic E-state index is -1.71. The van der Waals surface area contributed by atoms with Crippen LogP contribution >= 0.6 is 0 Å². The van der Waals surface area contributed by atoms with E-state index in [1.165, 1.54) is 0 Å². The third-order valence-corrected chi connectivity index (χ3v) is 13.4. The summed E-state index contributed by atoms with van der Waals surface area (Å²) in [5.74, 6) is -0.687. The molecule has 2 fully saturated rings. The molecule has 5 atom stereocenters. The molecule has 0 aromatic carbocycles. The standard InChI is InChI=1S/C34H62O6Si/c1-12-13-15-18-28-25-29(38-33(6,7)37-28)23-22-27(35)21-20-26(2)31-30(39-34(8,9)40-31)19-16-14-17-24-36-41(10,11)32(3,4)5/h12,14,16,26,28-31H,1,13,15,17-25H2,2-11H3/b16-14-/t26-,28+,29+,30-,31-/m1/s1. The quantitative estimate of drug-likeness (QED) is 0.0952. The Morgan fingerprint density at radius 1 is 0.976 bits per heavy atom. The molecule has 7 heteroatoms. The summed E-state index contributed by atoms with van der Waals surface area (Å²) in [7, 11) is -1.71. The summed E-state index contributed by atoms with van der Waals surface area (Å²) in [5.41, 5.74) is 0. The van der Waals surface area contributed by atoms with Gasteiger partial charge >= 0.3 is 0 Å². The predicted molar refractivity (Wildman–Crippen MR) is 170 cm³/mol. The first kappa shape index (κ1) is 36.4. The number of Topliss-reactive ketones (excluding diaryl/α,β-unsaturated/α-hetero) is 1. The van der Waals surface area contributed by atoms with Gasteiger partial charge in [-0.25, -0.2) is 0 Å². The topological polar surface area (TPSA) is 63.2 Å². The molecule has 2 saturated heterocycles. The third-order valence-electron chi connectivity index (χ3n) is 8.86. The molecule has 41 heavy (non-hydrogen) atoms. The van der Waals surface area contributed by atoms with Crippen molar-refractivity contribution in [1.29, 1.82) is 0 Å². The Morgan fingerprint density at radius 2 is 1.61 bits per heavy atom. The van der Waals surface area contributed by atoms with Gasteiger partial charge in [-0.2, -0.15) is 0 Å². The number of hydrogen-bond acceptors (Lipinski definition) is 6. The number of hydrogen-bond donors (Lipinski definition) is 0. The smallest absolute Gasteiger partial charge is 0.191 e. The zero-order valence-electron chi connectivity index (χ0n) is 28.1. The Morgan fingerprint density at radius 3 is 2.24 bits per heavy atom. The molecule has 2 aliphatic rings. The Kier molecular flexibility index (Phi) is 14.0. The van der Waals surface area contributed by atoms with Gasteiger partial charge < -0.3 is 23.4 Å². The molecule has 0 radical (unpaired) electrons. The van der Waals surface area contributed by atoms with E-state index in [1.807, 2.05) is 33.8 Å². The fourth-order valence-electron chi connectivity index (χ4n) is 5.54. The zero-order chi connectivity index (χ0) is 30.9. The highest BCUT2D eigenvalue weighted by Gasteiger charge is 2.43. The summed E-state index contributed by atoms with van der Waals surface area (Å²) >= 11 is 0. The van der Waals surface area contributed by atoms with E-state index in [9.17, 15) is 4.79 Å². The first-order chi connectivity index (χ1) is 18.9. The van der Waals surface area contributed by atoms with Crippen LogP contribution in [0, 0.1) is 5.92 Å². The third kappa shape index (κ3) is 12.7. The van der Waals surface area contributed by atoms with E-state index in [1.54, 1.807) is 0 Å². The first-order valence-corrected chi connectivity index (χ1v) is 19.0. The number of allylic oxidation sites excluding steroid dienone is 1. The van der Waals surface area contributed by atoms with E-state index in [0.29, 0.717) is 18.6 Å². The maximum Gasteiger partial charge on any atom is 0.191 e. The minimum absolute atomic E-state index is 0.0106. The van der Waals surface area contributed by atoms with Crippen LogP contribution in [-0.2, 0) is 28.2 Å². The number of rotatable bonds is 17. The fourth-order valence-corrected chi connectivity index (χ4v) is 6.60. The second-order valence-electron chi connectivity index (χ2n) is 14.7. The largest absolute Gasteiger partial charge is 0.417 e. The molecule has 2 rings (SSSR count). The van der Waals surface area contributed by atoms with E-state index in [0.717, 1.165) is 58.0 Å². The normalized spacial score (nSPS) is 27.3. The van der Waals surface area contributed by atoms with Crippen LogP contribution in [0.3, 0.4) is 0 Å². The summed E-state index contributed by atoms with van der Waals surface area (Å²) in [6.07, 6.45) is 14.8. The number of unbranched alkanes of at least 4 members (excludes halogenated alkanes) is 1. The first-order valence-electron chi connectivity index (χ1n) is 16.1. The van der Waals surface area contributed by atoms with Gasteiger partial charge in [-0.15, -0.1) is 6.58 Å². The van der Waals surface area contributed by atoms with Crippen molar-refractivity contribution in [3.8, 4) is 0 Å². The zero-order valence-corrected chi connectivity index (χ0v) is 29.1. The molecule has 0 unspecified atom stereocenters. The van der Waals surface area contributed by atoms with Crippen LogP contribution in [0.25, 0.3) is 0 Å². The second kappa shape index (κ2) is 15.8. The van der Waals surface area contributed by atoms with Crippen molar-refractivity contribution in [2.24, 2.45) is 5.92 Å². The lowest BCUT2D eigenvalue weighted by atomic mass is 9.91. The van der Waals surface area contributed by atoms with Gasteiger partial charge in [0.05, 0.1) is 24.4 Å². The number of carbonyl (C=O) groups excluding carboxylic acids is 1. The van der Waals surface area contributed by atoms with Crippen molar-refractivity contribution >= 4 is 14.1 Å². The number of ether oxygens (including phenoxy) is 4. The molecular formula is C34H62O6Si. The molecule has 0 aliphatic carbocycles. The van der Waals surface area contributed by atoms with Crippen LogP contribution < -0.4 is 0 Å². The number of ketones is 1. The van der Waals surface area contributed by atoms with Crippen LogP contribution in [-0.4, -0.2) is 56.7 Å². The predicted octanol–water partition coefficient (Wildman–Crippen LogP) is 8.90.